The van der Waals surface area contributed by atoms with Crippen molar-refractivity contribution in [2.24, 2.45) is 0 Å². The molecule has 4 heteroatoms. The van der Waals surface area contributed by atoms with Crippen molar-refractivity contribution in [1.29, 1.82) is 0 Å². The monoisotopic (exact) mass is 228 g/mol. The highest BCUT2D eigenvalue weighted by Crippen LogP contribution is 2.24. The highest BCUT2D eigenvalue weighted by molar-refractivity contribution is 5.47. The van der Waals surface area contributed by atoms with Crippen LogP contribution in [0.3, 0.4) is 0 Å². The van der Waals surface area contributed by atoms with Gasteiger partial charge in [0.05, 0.1) is 6.54 Å². The first-order valence-corrected chi connectivity index (χ1v) is 5.90. The third-order valence-corrected chi connectivity index (χ3v) is 3.28. The zero-order valence-electron chi connectivity index (χ0n) is 9.61. The maximum absolute atomic E-state index is 5.79. The van der Waals surface area contributed by atoms with E-state index < -0.39 is 0 Å². The van der Waals surface area contributed by atoms with Gasteiger partial charge in [-0.15, -0.1) is 0 Å². The van der Waals surface area contributed by atoms with Crippen LogP contribution in [0.15, 0.2) is 30.6 Å². The lowest BCUT2D eigenvalue weighted by atomic mass is 10.1. The lowest BCUT2D eigenvalue weighted by molar-refractivity contribution is 0.523. The van der Waals surface area contributed by atoms with E-state index in [0.717, 1.165) is 30.9 Å². The molecule has 0 saturated carbocycles. The summed E-state index contributed by atoms with van der Waals surface area (Å²) in [5.74, 6) is 0.987. The van der Waals surface area contributed by atoms with Crippen LogP contribution in [-0.2, 0) is 19.4 Å². The van der Waals surface area contributed by atoms with Crippen LogP contribution < -0.4 is 11.1 Å². The largest absolute Gasteiger partial charge is 0.399 e. The highest BCUT2D eigenvalue weighted by Gasteiger charge is 2.20. The number of benzene rings is 1. The molecule has 0 saturated heterocycles. The number of nitrogens with zero attached hydrogens (tertiary/aromatic N) is 1. The molecule has 88 valence electrons. The number of hydrogen-bond donors (Lipinski definition) is 3. The molecule has 0 spiro atoms. The molecule has 4 N–H and O–H groups in total. The third kappa shape index (κ3) is 2.17. The van der Waals surface area contributed by atoms with Crippen LogP contribution in [0.2, 0.25) is 0 Å². The van der Waals surface area contributed by atoms with Gasteiger partial charge in [-0.05, 0) is 36.1 Å². The van der Waals surface area contributed by atoms with Gasteiger partial charge >= 0.3 is 0 Å². The first-order valence-electron chi connectivity index (χ1n) is 5.90. The summed E-state index contributed by atoms with van der Waals surface area (Å²) < 4.78 is 0. The fourth-order valence-corrected chi connectivity index (χ4v) is 2.42. The van der Waals surface area contributed by atoms with E-state index in [-0.39, 0.29) is 0 Å². The lowest BCUT2D eigenvalue weighted by Gasteiger charge is -2.09. The number of imidazole rings is 1. The summed E-state index contributed by atoms with van der Waals surface area (Å²) in [6, 6.07) is 6.70. The quantitative estimate of drug-likeness (QED) is 0.693. The smallest absolute Gasteiger partial charge is 0.120 e. The van der Waals surface area contributed by atoms with Crippen molar-refractivity contribution in [2.75, 3.05) is 5.73 Å². The van der Waals surface area contributed by atoms with Crippen molar-refractivity contribution < 1.29 is 0 Å². The minimum atomic E-state index is 0.497. The van der Waals surface area contributed by atoms with E-state index in [2.05, 4.69) is 27.4 Å². The standard InChI is InChI=1S/C13H16N4/c14-11-2-1-9-6-12(7-10(9)5-11)17-8-13-15-3-4-16-13/h1-5,12,17H,6-8,14H2,(H,15,16). The molecule has 1 heterocycles. The van der Waals surface area contributed by atoms with Gasteiger partial charge in [-0.25, -0.2) is 4.98 Å². The minimum absolute atomic E-state index is 0.497. The number of rotatable bonds is 3. The molecule has 1 atom stereocenters. The molecular formula is C13H16N4. The van der Waals surface area contributed by atoms with Gasteiger partial charge in [0.15, 0.2) is 0 Å². The van der Waals surface area contributed by atoms with Crippen LogP contribution in [0.5, 0.6) is 0 Å². The van der Waals surface area contributed by atoms with Crippen LogP contribution >= 0.6 is 0 Å². The van der Waals surface area contributed by atoms with E-state index in [1.165, 1.54) is 11.1 Å². The van der Waals surface area contributed by atoms with E-state index in [9.17, 15) is 0 Å². The Morgan fingerprint density at radius 2 is 2.24 bits per heavy atom. The second kappa shape index (κ2) is 4.22. The van der Waals surface area contributed by atoms with Crippen LogP contribution in [-0.4, -0.2) is 16.0 Å². The normalized spacial score (nSPS) is 18.2. The third-order valence-electron chi connectivity index (χ3n) is 3.28. The Balaban J connectivity index is 1.62. The Labute approximate surface area is 100 Å². The molecule has 1 aliphatic carbocycles. The Bertz CT molecular complexity index is 504. The van der Waals surface area contributed by atoms with Crippen molar-refractivity contribution in [3.05, 3.63) is 47.5 Å². The molecule has 17 heavy (non-hydrogen) atoms. The summed E-state index contributed by atoms with van der Waals surface area (Å²) in [4.78, 5) is 7.30. The number of nitrogens with one attached hydrogen (secondary N) is 2. The molecule has 0 bridgehead atoms. The zero-order chi connectivity index (χ0) is 11.7. The van der Waals surface area contributed by atoms with Crippen LogP contribution in [0.4, 0.5) is 5.69 Å². The number of nitrogen functional groups attached to an aromatic ring is 1. The molecule has 3 rings (SSSR count). The van der Waals surface area contributed by atoms with Crippen molar-refractivity contribution in [2.45, 2.75) is 25.4 Å². The second-order valence-electron chi connectivity index (χ2n) is 4.55. The molecule has 1 aromatic carbocycles. The van der Waals surface area contributed by atoms with Crippen molar-refractivity contribution >= 4 is 5.69 Å². The van der Waals surface area contributed by atoms with Gasteiger partial charge in [0, 0.05) is 24.1 Å². The average Bonchev–Trinajstić information content (AvgIpc) is 2.94. The molecule has 0 radical (unpaired) electrons. The fourth-order valence-electron chi connectivity index (χ4n) is 2.42. The first-order chi connectivity index (χ1) is 8.31. The molecule has 0 fully saturated rings. The number of aromatic amines is 1. The number of hydrogen-bond acceptors (Lipinski definition) is 3. The van der Waals surface area contributed by atoms with Crippen molar-refractivity contribution in [3.63, 3.8) is 0 Å². The Hall–Kier alpha value is -1.81. The van der Waals surface area contributed by atoms with E-state index >= 15 is 0 Å². The average molecular weight is 228 g/mol. The summed E-state index contributed by atoms with van der Waals surface area (Å²) in [6.45, 7) is 0.793. The van der Waals surface area contributed by atoms with Crippen LogP contribution in [0.1, 0.15) is 17.0 Å². The topological polar surface area (TPSA) is 66.7 Å². The number of fused-ring (bicyclic) bond motifs is 1. The summed E-state index contributed by atoms with van der Waals surface area (Å²) in [5, 5.41) is 3.52. The van der Waals surface area contributed by atoms with Crippen LogP contribution in [0.25, 0.3) is 0 Å². The van der Waals surface area contributed by atoms with E-state index in [4.69, 9.17) is 5.73 Å². The van der Waals surface area contributed by atoms with E-state index in [0.29, 0.717) is 6.04 Å². The first kappa shape index (κ1) is 10.4. The Morgan fingerprint density at radius 3 is 3.06 bits per heavy atom. The van der Waals surface area contributed by atoms with Crippen LogP contribution in [0, 0.1) is 0 Å². The van der Waals surface area contributed by atoms with Gasteiger partial charge in [0.25, 0.3) is 0 Å². The number of nitrogens with two attached hydrogens (primary N) is 1. The molecule has 1 unspecified atom stereocenters. The molecule has 0 aliphatic heterocycles. The maximum atomic E-state index is 5.79. The van der Waals surface area contributed by atoms with Crippen molar-refractivity contribution in [3.8, 4) is 0 Å². The maximum Gasteiger partial charge on any atom is 0.120 e. The van der Waals surface area contributed by atoms with E-state index in [1.807, 2.05) is 12.3 Å². The van der Waals surface area contributed by atoms with Gasteiger partial charge in [0.1, 0.15) is 5.82 Å². The Kier molecular flexibility index (Phi) is 2.57. The predicted molar refractivity (Wildman–Crippen MR) is 67.5 cm³/mol. The van der Waals surface area contributed by atoms with Crippen molar-refractivity contribution in [1.82, 2.24) is 15.3 Å². The van der Waals surface area contributed by atoms with E-state index in [1.54, 1.807) is 6.20 Å². The summed E-state index contributed by atoms with van der Waals surface area (Å²) in [6.07, 6.45) is 5.76. The molecule has 0 amide bonds. The zero-order valence-corrected chi connectivity index (χ0v) is 9.61. The second-order valence-corrected chi connectivity index (χ2v) is 4.55. The molecule has 1 aliphatic rings. The van der Waals surface area contributed by atoms with Gasteiger partial charge in [-0.1, -0.05) is 6.07 Å². The highest BCUT2D eigenvalue weighted by atomic mass is 15.0. The lowest BCUT2D eigenvalue weighted by Crippen LogP contribution is -2.29. The summed E-state index contributed by atoms with van der Waals surface area (Å²) in [7, 11) is 0. The summed E-state index contributed by atoms with van der Waals surface area (Å²) >= 11 is 0. The SMILES string of the molecule is Nc1ccc2c(c1)CC(NCc1ncc[nH]1)C2. The number of H-pyrrole nitrogens is 1. The Morgan fingerprint density at radius 1 is 1.35 bits per heavy atom. The minimum Gasteiger partial charge on any atom is -0.399 e. The summed E-state index contributed by atoms with van der Waals surface area (Å²) in [5.41, 5.74) is 9.44. The fraction of sp³-hybridized carbons (Fsp3) is 0.308. The predicted octanol–water partition coefficient (Wildman–Crippen LogP) is 1.25. The number of aromatic nitrogens is 2. The molecular weight excluding hydrogens is 212 g/mol. The molecule has 4 nitrogen and oxygen atoms in total. The number of anilines is 1. The van der Waals surface area contributed by atoms with Gasteiger partial charge < -0.3 is 16.0 Å². The molecule has 1 aromatic heterocycles. The van der Waals surface area contributed by atoms with Gasteiger partial charge in [0.2, 0.25) is 0 Å². The molecule has 2 aromatic rings. The van der Waals surface area contributed by atoms with Gasteiger partial charge in [-0.2, -0.15) is 0 Å². The van der Waals surface area contributed by atoms with Gasteiger partial charge in [-0.3, -0.25) is 0 Å².